The van der Waals surface area contributed by atoms with Crippen molar-refractivity contribution in [2.45, 2.75) is 45.1 Å². The Morgan fingerprint density at radius 3 is 2.52 bits per heavy atom. The van der Waals surface area contributed by atoms with Crippen LogP contribution in [0.2, 0.25) is 0 Å². The van der Waals surface area contributed by atoms with Gasteiger partial charge in [-0.2, -0.15) is 0 Å². The third kappa shape index (κ3) is 6.53. The molecule has 2 aliphatic rings. The van der Waals surface area contributed by atoms with Crippen LogP contribution in [0.4, 0.5) is 26.6 Å². The van der Waals surface area contributed by atoms with Crippen LogP contribution < -0.4 is 31.4 Å². The number of nitrogens with two attached hydrogens (primary N) is 1. The van der Waals surface area contributed by atoms with Gasteiger partial charge < -0.3 is 35.5 Å². The van der Waals surface area contributed by atoms with Crippen LogP contribution in [-0.2, 0) is 9.59 Å². The Kier molecular flexibility index (Phi) is 9.17. The molecule has 0 unspecified atom stereocenters. The highest BCUT2D eigenvalue weighted by Crippen LogP contribution is 2.43. The van der Waals surface area contributed by atoms with Crippen molar-refractivity contribution in [1.82, 2.24) is 19.7 Å². The van der Waals surface area contributed by atoms with Crippen LogP contribution in [0.15, 0.2) is 41.3 Å². The van der Waals surface area contributed by atoms with Crippen LogP contribution in [0.3, 0.4) is 0 Å². The van der Waals surface area contributed by atoms with Crippen LogP contribution in [0.25, 0.3) is 21.5 Å². The molecule has 0 saturated carbocycles. The van der Waals surface area contributed by atoms with Gasteiger partial charge in [0.05, 0.1) is 33.9 Å². The topological polar surface area (TPSA) is 148 Å². The van der Waals surface area contributed by atoms with Gasteiger partial charge in [-0.25, -0.2) is 4.39 Å². The molecule has 6 rings (SSSR count). The summed E-state index contributed by atoms with van der Waals surface area (Å²) in [4.78, 5) is 42.7. The van der Waals surface area contributed by atoms with E-state index in [0.29, 0.717) is 78.7 Å². The van der Waals surface area contributed by atoms with Crippen molar-refractivity contribution >= 4 is 56.2 Å². The molecule has 0 radical (unpaired) electrons. The quantitative estimate of drug-likeness (QED) is 0.167. The van der Waals surface area contributed by atoms with Crippen LogP contribution in [0.5, 0.6) is 5.75 Å². The number of hydrogen-bond donors (Lipinski definition) is 3. The summed E-state index contributed by atoms with van der Waals surface area (Å²) in [7, 11) is 2.04. The number of unbranched alkanes of at least 4 members (excludes halogenated alkanes) is 2. The smallest absolute Gasteiger partial charge is 0.226 e. The molecule has 4 heterocycles. The molecule has 2 aliphatic heterocycles. The average Bonchev–Trinajstić information content (AvgIpc) is 3.49. The lowest BCUT2D eigenvalue weighted by atomic mass is 10.1. The van der Waals surface area contributed by atoms with E-state index < -0.39 is 5.82 Å². The number of carbonyl (C=O) groups excluding carboxylic acids is 2. The van der Waals surface area contributed by atoms with E-state index in [1.165, 1.54) is 6.07 Å². The summed E-state index contributed by atoms with van der Waals surface area (Å²) in [5.41, 5.74) is 7.84. The highest BCUT2D eigenvalue weighted by Gasteiger charge is 2.31. The van der Waals surface area contributed by atoms with Crippen molar-refractivity contribution in [3.8, 4) is 16.3 Å². The molecule has 46 heavy (non-hydrogen) atoms. The Morgan fingerprint density at radius 2 is 1.78 bits per heavy atom. The standard InChI is InChI=1S/C32H37FN8O4S/c1-19-18-45-30-27-20(16-22(33)28(30)40-14-12-39(2)13-15-40)29(44)21(17-41(19)27)31-37-38-32(46-31)36-26(43)11-5-3-4-10-25(42)35-24-9-7-6-8-23(24)34/h6-9,16-17,19H,3-5,10-15,18,34H2,1-2H3,(H,35,42)(H,36,38,43)/t19-/m0/s1. The zero-order chi connectivity index (χ0) is 32.4. The van der Waals surface area contributed by atoms with E-state index in [1.807, 2.05) is 23.4 Å². The molecule has 12 nitrogen and oxygen atoms in total. The van der Waals surface area contributed by atoms with Gasteiger partial charge in [0.15, 0.2) is 22.0 Å². The number of nitrogen functional groups attached to an aromatic ring is 1. The number of para-hydroxylation sites is 2. The fraction of sp³-hybridized carbons (Fsp3) is 0.406. The number of hydrogen-bond acceptors (Lipinski definition) is 10. The number of anilines is 4. The Hall–Kier alpha value is -4.56. The minimum atomic E-state index is -0.492. The van der Waals surface area contributed by atoms with E-state index in [2.05, 4.69) is 25.7 Å². The summed E-state index contributed by atoms with van der Waals surface area (Å²) in [6, 6.07) is 8.28. The molecule has 1 saturated heterocycles. The highest BCUT2D eigenvalue weighted by molar-refractivity contribution is 7.18. The van der Waals surface area contributed by atoms with Crippen molar-refractivity contribution in [2.75, 3.05) is 61.1 Å². The van der Waals surface area contributed by atoms with Gasteiger partial charge in [-0.05, 0) is 45.0 Å². The number of benzene rings is 2. The number of halogens is 1. The van der Waals surface area contributed by atoms with Crippen molar-refractivity contribution in [2.24, 2.45) is 0 Å². The molecule has 0 bridgehead atoms. The first-order chi connectivity index (χ1) is 22.2. The maximum absolute atomic E-state index is 15.7. The lowest BCUT2D eigenvalue weighted by molar-refractivity contribution is -0.116. The number of pyridine rings is 1. The molecule has 1 atom stereocenters. The van der Waals surface area contributed by atoms with Crippen LogP contribution in [0, 0.1) is 5.82 Å². The van der Waals surface area contributed by atoms with E-state index in [9.17, 15) is 14.4 Å². The van der Waals surface area contributed by atoms with Gasteiger partial charge in [0.2, 0.25) is 16.9 Å². The fourth-order valence-corrected chi connectivity index (χ4v) is 6.59. The largest absolute Gasteiger partial charge is 0.487 e. The highest BCUT2D eigenvalue weighted by atomic mass is 32.1. The Bertz CT molecular complexity index is 1830. The number of nitrogens with one attached hydrogen (secondary N) is 2. The molecule has 1 fully saturated rings. The summed E-state index contributed by atoms with van der Waals surface area (Å²) in [5.74, 6) is -0.454. The Morgan fingerprint density at radius 1 is 1.07 bits per heavy atom. The van der Waals surface area contributed by atoms with Gasteiger partial charge in [0.1, 0.15) is 12.3 Å². The number of aromatic nitrogens is 3. The summed E-state index contributed by atoms with van der Waals surface area (Å²) in [5, 5.41) is 14.7. The second kappa shape index (κ2) is 13.4. The van der Waals surface area contributed by atoms with Crippen molar-refractivity contribution in [3.63, 3.8) is 0 Å². The van der Waals surface area contributed by atoms with Gasteiger partial charge in [-0.3, -0.25) is 14.4 Å². The molecular weight excluding hydrogens is 611 g/mol. The molecule has 242 valence electrons. The first-order valence-electron chi connectivity index (χ1n) is 15.5. The van der Waals surface area contributed by atoms with Gasteiger partial charge in [-0.15, -0.1) is 10.2 Å². The molecular formula is C32H37FN8O4S. The summed E-state index contributed by atoms with van der Waals surface area (Å²) in [6.45, 7) is 5.24. The molecule has 0 spiro atoms. The molecule has 2 amide bonds. The number of nitrogens with zero attached hydrogens (tertiary/aromatic N) is 5. The third-order valence-corrected chi connectivity index (χ3v) is 9.28. The Balaban J connectivity index is 1.10. The molecule has 0 aliphatic carbocycles. The number of rotatable bonds is 10. The second-order valence-electron chi connectivity index (χ2n) is 11.8. The lowest BCUT2D eigenvalue weighted by Crippen LogP contribution is -2.45. The molecule has 2 aromatic carbocycles. The molecule has 4 N–H and O–H groups in total. The maximum Gasteiger partial charge on any atom is 0.226 e. The second-order valence-corrected chi connectivity index (χ2v) is 12.8. The molecule has 14 heteroatoms. The minimum Gasteiger partial charge on any atom is -0.487 e. The number of ether oxygens (including phenoxy) is 1. The van der Waals surface area contributed by atoms with E-state index in [1.54, 1.807) is 30.5 Å². The predicted molar refractivity (Wildman–Crippen MR) is 178 cm³/mol. The van der Waals surface area contributed by atoms with Crippen LogP contribution in [0.1, 0.15) is 45.1 Å². The summed E-state index contributed by atoms with van der Waals surface area (Å²) < 4.78 is 23.7. The minimum absolute atomic E-state index is 0.102. The number of carbonyl (C=O) groups is 2. The maximum atomic E-state index is 15.7. The van der Waals surface area contributed by atoms with Crippen molar-refractivity contribution in [1.29, 1.82) is 0 Å². The zero-order valence-electron chi connectivity index (χ0n) is 25.8. The van der Waals surface area contributed by atoms with Gasteiger partial charge >= 0.3 is 0 Å². The monoisotopic (exact) mass is 648 g/mol. The molecule has 2 aromatic heterocycles. The predicted octanol–water partition coefficient (Wildman–Crippen LogP) is 4.47. The fourth-order valence-electron chi connectivity index (χ4n) is 5.82. The van der Waals surface area contributed by atoms with Gasteiger partial charge in [-0.1, -0.05) is 29.9 Å². The normalized spacial score (nSPS) is 16.3. The summed E-state index contributed by atoms with van der Waals surface area (Å²) >= 11 is 1.09. The van der Waals surface area contributed by atoms with E-state index >= 15 is 4.39 Å². The van der Waals surface area contributed by atoms with Crippen LogP contribution >= 0.6 is 11.3 Å². The number of likely N-dealkylation sites (N-methyl/N-ethyl adjacent to an activating group) is 1. The van der Waals surface area contributed by atoms with Crippen LogP contribution in [-0.4, -0.2) is 71.3 Å². The van der Waals surface area contributed by atoms with E-state index in [0.717, 1.165) is 24.4 Å². The van der Waals surface area contributed by atoms with Gasteiger partial charge in [0, 0.05) is 45.2 Å². The van der Waals surface area contributed by atoms with Crippen molar-refractivity contribution in [3.05, 3.63) is 52.6 Å². The SMILES string of the molecule is C[C@H]1COc2c(N3CCN(C)CC3)c(F)cc3c(=O)c(-c4nnc(NC(=O)CCCCCC(=O)Nc5ccccc5N)s4)cn1c23. The van der Waals surface area contributed by atoms with E-state index in [-0.39, 0.29) is 45.8 Å². The molecule has 4 aromatic rings. The van der Waals surface area contributed by atoms with Gasteiger partial charge in [0.25, 0.3) is 0 Å². The lowest BCUT2D eigenvalue weighted by Gasteiger charge is -2.37. The van der Waals surface area contributed by atoms with Crippen molar-refractivity contribution < 1.29 is 18.7 Å². The Labute approximate surface area is 269 Å². The summed E-state index contributed by atoms with van der Waals surface area (Å²) in [6.07, 6.45) is 4.23. The van der Waals surface area contributed by atoms with E-state index in [4.69, 9.17) is 10.5 Å². The number of piperazine rings is 1. The average molecular weight is 649 g/mol. The number of amides is 2. The first kappa shape index (κ1) is 31.4. The first-order valence-corrected chi connectivity index (χ1v) is 16.3. The third-order valence-electron chi connectivity index (χ3n) is 8.41. The zero-order valence-corrected chi connectivity index (χ0v) is 26.7.